The molecule has 176 valence electrons. The van der Waals surface area contributed by atoms with Crippen molar-refractivity contribution in [1.82, 2.24) is 5.32 Å². The number of sulfonamides is 1. The maximum atomic E-state index is 13.7. The fourth-order valence-electron chi connectivity index (χ4n) is 3.29. The molecule has 0 saturated heterocycles. The van der Waals surface area contributed by atoms with Crippen LogP contribution in [0.25, 0.3) is 0 Å². The molecule has 9 heteroatoms. The highest BCUT2D eigenvalue weighted by Gasteiger charge is 2.27. The van der Waals surface area contributed by atoms with E-state index < -0.39 is 22.6 Å². The zero-order valence-electron chi connectivity index (χ0n) is 18.2. The van der Waals surface area contributed by atoms with E-state index in [0.717, 1.165) is 18.4 Å². The number of anilines is 1. The first-order chi connectivity index (χ1) is 16.3. The average molecular weight is 499 g/mol. The van der Waals surface area contributed by atoms with Crippen molar-refractivity contribution < 1.29 is 22.7 Å². The molecule has 0 bridgehead atoms. The molecule has 3 aromatic rings. The molecule has 0 atom stereocenters. The molecule has 0 radical (unpaired) electrons. The molecular weight excluding hydrogens is 476 g/mol. The van der Waals surface area contributed by atoms with E-state index in [1.807, 2.05) is 30.3 Å². The first-order valence-corrected chi connectivity index (χ1v) is 12.5. The van der Waals surface area contributed by atoms with Crippen molar-refractivity contribution in [3.63, 3.8) is 0 Å². The lowest BCUT2D eigenvalue weighted by molar-refractivity contribution is -0.124. The quantitative estimate of drug-likeness (QED) is 0.447. The molecule has 34 heavy (non-hydrogen) atoms. The molecule has 4 rings (SSSR count). The number of carbonyl (C=O) groups is 2. The van der Waals surface area contributed by atoms with Gasteiger partial charge in [0.2, 0.25) is 0 Å². The SMILES string of the molecule is O=C(COC(=O)c1cccc(S(=O)(=O)N(Cc2ccccc2)c2ccc(Cl)cc2)c1)NC1CC1. The topological polar surface area (TPSA) is 92.8 Å². The largest absolute Gasteiger partial charge is 0.452 e. The van der Waals surface area contributed by atoms with Crippen molar-refractivity contribution in [3.05, 3.63) is 95.0 Å². The van der Waals surface area contributed by atoms with Crippen LogP contribution in [0.5, 0.6) is 0 Å². The molecular formula is C25H23ClN2O5S. The third-order valence-corrected chi connectivity index (χ3v) is 7.24. The van der Waals surface area contributed by atoms with E-state index in [1.165, 1.54) is 28.6 Å². The number of ether oxygens (including phenoxy) is 1. The van der Waals surface area contributed by atoms with Crippen LogP contribution in [0.1, 0.15) is 28.8 Å². The van der Waals surface area contributed by atoms with E-state index in [4.69, 9.17) is 16.3 Å². The third-order valence-electron chi connectivity index (χ3n) is 5.22. The van der Waals surface area contributed by atoms with Crippen LogP contribution in [0.15, 0.2) is 83.8 Å². The van der Waals surface area contributed by atoms with Crippen molar-refractivity contribution in [2.75, 3.05) is 10.9 Å². The summed E-state index contributed by atoms with van der Waals surface area (Å²) in [5, 5.41) is 3.21. The lowest BCUT2D eigenvalue weighted by Gasteiger charge is -2.25. The smallest absolute Gasteiger partial charge is 0.338 e. The van der Waals surface area contributed by atoms with Gasteiger partial charge in [-0.3, -0.25) is 9.10 Å². The van der Waals surface area contributed by atoms with E-state index in [9.17, 15) is 18.0 Å². The summed E-state index contributed by atoms with van der Waals surface area (Å²) in [6.07, 6.45) is 1.85. The summed E-state index contributed by atoms with van der Waals surface area (Å²) in [6, 6.07) is 21.4. The molecule has 7 nitrogen and oxygen atoms in total. The average Bonchev–Trinajstić information content (AvgIpc) is 3.66. The number of rotatable bonds is 9. The molecule has 1 fully saturated rings. The maximum absolute atomic E-state index is 13.7. The molecule has 1 amide bonds. The van der Waals surface area contributed by atoms with Crippen molar-refractivity contribution in [2.24, 2.45) is 0 Å². The number of halogens is 1. The highest BCUT2D eigenvalue weighted by Crippen LogP contribution is 2.28. The van der Waals surface area contributed by atoms with Gasteiger partial charge in [0, 0.05) is 11.1 Å². The van der Waals surface area contributed by atoms with Crippen LogP contribution in [-0.2, 0) is 26.1 Å². The molecule has 3 aromatic carbocycles. The van der Waals surface area contributed by atoms with Crippen molar-refractivity contribution in [1.29, 1.82) is 0 Å². The lowest BCUT2D eigenvalue weighted by Crippen LogP contribution is -2.31. The van der Waals surface area contributed by atoms with E-state index >= 15 is 0 Å². The standard InChI is InChI=1S/C25H23ClN2O5S/c26-20-9-13-22(14-10-20)28(16-18-5-2-1-3-6-18)34(31,32)23-8-4-7-19(15-23)25(30)33-17-24(29)27-21-11-12-21/h1-10,13-15,21H,11-12,16-17H2,(H,27,29). The van der Waals surface area contributed by atoms with Gasteiger partial charge < -0.3 is 10.1 Å². The Morgan fingerprint density at radius 3 is 2.35 bits per heavy atom. The van der Waals surface area contributed by atoms with Gasteiger partial charge in [0.25, 0.3) is 15.9 Å². The Kier molecular flexibility index (Phi) is 7.19. The van der Waals surface area contributed by atoms with Gasteiger partial charge in [-0.25, -0.2) is 13.2 Å². The fourth-order valence-corrected chi connectivity index (χ4v) is 4.92. The van der Waals surface area contributed by atoms with Crippen molar-refractivity contribution in [2.45, 2.75) is 30.3 Å². The van der Waals surface area contributed by atoms with Gasteiger partial charge in [0.1, 0.15) is 0 Å². The zero-order chi connectivity index (χ0) is 24.1. The lowest BCUT2D eigenvalue weighted by atomic mass is 10.2. The second kappa shape index (κ2) is 10.3. The van der Waals surface area contributed by atoms with Crippen molar-refractivity contribution >= 4 is 39.2 Å². The van der Waals surface area contributed by atoms with E-state index in [-0.39, 0.29) is 29.0 Å². The molecule has 0 heterocycles. The number of nitrogens with one attached hydrogen (secondary N) is 1. The zero-order valence-corrected chi connectivity index (χ0v) is 19.8. The Labute approximate surface area is 203 Å². The first kappa shape index (κ1) is 23.8. The molecule has 1 N–H and O–H groups in total. The Hall–Kier alpha value is -3.36. The normalized spacial score (nSPS) is 13.2. The van der Waals surface area contributed by atoms with Gasteiger partial charge in [-0.1, -0.05) is 48.0 Å². The van der Waals surface area contributed by atoms with Crippen LogP contribution in [-0.4, -0.2) is 32.9 Å². The molecule has 0 aromatic heterocycles. The second-order valence-corrected chi connectivity index (χ2v) is 10.2. The molecule has 1 aliphatic carbocycles. The van der Waals surface area contributed by atoms with Gasteiger partial charge >= 0.3 is 5.97 Å². The number of nitrogens with zero attached hydrogens (tertiary/aromatic N) is 1. The molecule has 1 saturated carbocycles. The maximum Gasteiger partial charge on any atom is 0.338 e. The summed E-state index contributed by atoms with van der Waals surface area (Å²) in [5.74, 6) is -1.15. The Balaban J connectivity index is 1.58. The van der Waals surface area contributed by atoms with Gasteiger partial charge in [-0.05, 0) is 60.9 Å². The summed E-state index contributed by atoms with van der Waals surface area (Å²) in [4.78, 5) is 24.2. The fraction of sp³-hybridized carbons (Fsp3) is 0.200. The second-order valence-electron chi connectivity index (χ2n) is 7.92. The van der Waals surface area contributed by atoms with Gasteiger partial charge in [-0.2, -0.15) is 0 Å². The van der Waals surface area contributed by atoms with Gasteiger partial charge in [0.05, 0.1) is 22.7 Å². The van der Waals surface area contributed by atoms with Gasteiger partial charge in [0.15, 0.2) is 6.61 Å². The minimum absolute atomic E-state index is 0.0380. The van der Waals surface area contributed by atoms with Crippen LogP contribution in [0.3, 0.4) is 0 Å². The predicted molar refractivity (Wildman–Crippen MR) is 129 cm³/mol. The summed E-state index contributed by atoms with van der Waals surface area (Å²) < 4.78 is 33.7. The number of benzene rings is 3. The molecule has 1 aliphatic rings. The molecule has 0 aliphatic heterocycles. The Morgan fingerprint density at radius 2 is 1.68 bits per heavy atom. The summed E-state index contributed by atoms with van der Waals surface area (Å²) in [7, 11) is -4.06. The Bertz CT molecular complexity index is 1280. The number of carbonyl (C=O) groups excluding carboxylic acids is 2. The van der Waals surface area contributed by atoms with E-state index in [2.05, 4.69) is 5.32 Å². The molecule has 0 unspecified atom stereocenters. The monoisotopic (exact) mass is 498 g/mol. The van der Waals surface area contributed by atoms with Crippen LogP contribution >= 0.6 is 11.6 Å². The minimum Gasteiger partial charge on any atom is -0.452 e. The van der Waals surface area contributed by atoms with Crippen LogP contribution in [0, 0.1) is 0 Å². The van der Waals surface area contributed by atoms with E-state index in [1.54, 1.807) is 24.3 Å². The highest BCUT2D eigenvalue weighted by molar-refractivity contribution is 7.92. The number of hydrogen-bond donors (Lipinski definition) is 1. The van der Waals surface area contributed by atoms with Crippen LogP contribution in [0.4, 0.5) is 5.69 Å². The van der Waals surface area contributed by atoms with Crippen LogP contribution in [0.2, 0.25) is 5.02 Å². The van der Waals surface area contributed by atoms with E-state index in [0.29, 0.717) is 10.7 Å². The van der Waals surface area contributed by atoms with Crippen LogP contribution < -0.4 is 9.62 Å². The highest BCUT2D eigenvalue weighted by atomic mass is 35.5. The minimum atomic E-state index is -4.06. The molecule has 0 spiro atoms. The summed E-state index contributed by atoms with van der Waals surface area (Å²) in [5.41, 5.74) is 1.26. The number of amides is 1. The first-order valence-electron chi connectivity index (χ1n) is 10.7. The third kappa shape index (κ3) is 5.95. The van der Waals surface area contributed by atoms with Gasteiger partial charge in [-0.15, -0.1) is 0 Å². The summed E-state index contributed by atoms with van der Waals surface area (Å²) in [6.45, 7) is -0.335. The predicted octanol–water partition coefficient (Wildman–Crippen LogP) is 4.17. The summed E-state index contributed by atoms with van der Waals surface area (Å²) >= 11 is 6.00. The Morgan fingerprint density at radius 1 is 0.971 bits per heavy atom. The number of esters is 1. The van der Waals surface area contributed by atoms with Crippen molar-refractivity contribution in [3.8, 4) is 0 Å². The number of hydrogen-bond acceptors (Lipinski definition) is 5.